The van der Waals surface area contributed by atoms with Gasteiger partial charge in [-0.05, 0) is 36.8 Å². The van der Waals surface area contributed by atoms with Gasteiger partial charge in [0.15, 0.2) is 12.2 Å². The maximum atomic E-state index is 12.0. The molecule has 1 aliphatic heterocycles. The summed E-state index contributed by atoms with van der Waals surface area (Å²) in [5.41, 5.74) is 5.21. The predicted molar refractivity (Wildman–Crippen MR) is 83.0 cm³/mol. The molecule has 2 aromatic rings. The molecular formula is C18H20NO3+. The number of esters is 1. The van der Waals surface area contributed by atoms with Crippen molar-refractivity contribution < 1.29 is 18.8 Å². The van der Waals surface area contributed by atoms with Gasteiger partial charge in [0, 0.05) is 25.0 Å². The predicted octanol–water partition coefficient (Wildman–Crippen LogP) is 2.69. The van der Waals surface area contributed by atoms with Gasteiger partial charge in [-0.2, -0.15) is 4.57 Å². The number of benzene rings is 1. The van der Waals surface area contributed by atoms with Crippen LogP contribution in [-0.2, 0) is 17.7 Å². The van der Waals surface area contributed by atoms with E-state index in [-0.39, 0.29) is 5.97 Å². The van der Waals surface area contributed by atoms with E-state index in [2.05, 4.69) is 16.7 Å². The van der Waals surface area contributed by atoms with Crippen LogP contribution in [0.4, 0.5) is 0 Å². The standard InChI is InChI=1S/C18H20NO3/c1-4-22-18(20)15-7-8-17-16-6-5-14(21-3)11-13(16)9-10-19(17)12(15)2/h5-8,11H,4,9-10H2,1-3H3/q+1. The summed E-state index contributed by atoms with van der Waals surface area (Å²) in [4.78, 5) is 12.0. The molecule has 0 N–H and O–H groups in total. The number of aromatic nitrogens is 1. The lowest BCUT2D eigenvalue weighted by Crippen LogP contribution is -2.44. The van der Waals surface area contributed by atoms with E-state index < -0.39 is 0 Å². The van der Waals surface area contributed by atoms with Crippen molar-refractivity contribution in [3.63, 3.8) is 0 Å². The normalized spacial score (nSPS) is 12.3. The van der Waals surface area contributed by atoms with Gasteiger partial charge in [0.05, 0.1) is 13.7 Å². The van der Waals surface area contributed by atoms with E-state index in [1.54, 1.807) is 7.11 Å². The molecule has 22 heavy (non-hydrogen) atoms. The van der Waals surface area contributed by atoms with Crippen LogP contribution in [-0.4, -0.2) is 19.7 Å². The zero-order chi connectivity index (χ0) is 15.7. The van der Waals surface area contributed by atoms with E-state index in [9.17, 15) is 4.79 Å². The number of hydrogen-bond acceptors (Lipinski definition) is 3. The zero-order valence-electron chi connectivity index (χ0n) is 13.2. The van der Waals surface area contributed by atoms with Crippen LogP contribution in [0.5, 0.6) is 5.75 Å². The fourth-order valence-electron chi connectivity index (χ4n) is 3.03. The van der Waals surface area contributed by atoms with Crippen molar-refractivity contribution in [3.8, 4) is 17.0 Å². The van der Waals surface area contributed by atoms with E-state index in [0.717, 1.165) is 30.1 Å². The van der Waals surface area contributed by atoms with Gasteiger partial charge >= 0.3 is 5.97 Å². The number of ether oxygens (including phenoxy) is 2. The first-order chi connectivity index (χ1) is 10.7. The van der Waals surface area contributed by atoms with Crippen molar-refractivity contribution in [2.24, 2.45) is 0 Å². The van der Waals surface area contributed by atoms with Crippen LogP contribution in [0.15, 0.2) is 30.3 Å². The highest BCUT2D eigenvalue weighted by Gasteiger charge is 2.28. The molecule has 2 heterocycles. The molecule has 0 bridgehead atoms. The number of aryl methyl sites for hydroxylation is 1. The van der Waals surface area contributed by atoms with Crippen LogP contribution in [0.25, 0.3) is 11.3 Å². The fraction of sp³-hybridized carbons (Fsp3) is 0.333. The zero-order valence-corrected chi connectivity index (χ0v) is 13.2. The van der Waals surface area contributed by atoms with Gasteiger partial charge < -0.3 is 9.47 Å². The van der Waals surface area contributed by atoms with Crippen LogP contribution in [0.1, 0.15) is 28.5 Å². The highest BCUT2D eigenvalue weighted by molar-refractivity contribution is 5.90. The summed E-state index contributed by atoms with van der Waals surface area (Å²) in [6.07, 6.45) is 0.928. The second-order valence-corrected chi connectivity index (χ2v) is 5.36. The molecule has 0 radical (unpaired) electrons. The third-order valence-corrected chi connectivity index (χ3v) is 4.18. The first kappa shape index (κ1) is 14.6. The van der Waals surface area contributed by atoms with Crippen LogP contribution < -0.4 is 9.30 Å². The van der Waals surface area contributed by atoms with Crippen LogP contribution in [0, 0.1) is 6.92 Å². The maximum Gasteiger partial charge on any atom is 0.344 e. The van der Waals surface area contributed by atoms with E-state index in [4.69, 9.17) is 9.47 Å². The lowest BCUT2D eigenvalue weighted by Gasteiger charge is -2.18. The molecule has 0 fully saturated rings. The first-order valence-corrected chi connectivity index (χ1v) is 7.53. The molecule has 4 nitrogen and oxygen atoms in total. The molecular weight excluding hydrogens is 278 g/mol. The Kier molecular flexibility index (Phi) is 3.84. The third kappa shape index (κ3) is 2.34. The Hall–Kier alpha value is -2.36. The molecule has 1 aliphatic rings. The van der Waals surface area contributed by atoms with Crippen molar-refractivity contribution >= 4 is 5.97 Å². The summed E-state index contributed by atoms with van der Waals surface area (Å²) in [5, 5.41) is 0. The number of rotatable bonds is 3. The van der Waals surface area contributed by atoms with Crippen LogP contribution in [0.3, 0.4) is 0 Å². The topological polar surface area (TPSA) is 39.4 Å². The average Bonchev–Trinajstić information content (AvgIpc) is 2.54. The van der Waals surface area contributed by atoms with E-state index >= 15 is 0 Å². The Labute approximate surface area is 130 Å². The van der Waals surface area contributed by atoms with E-state index in [0.29, 0.717) is 12.2 Å². The molecule has 114 valence electrons. The van der Waals surface area contributed by atoms with Crippen molar-refractivity contribution in [1.29, 1.82) is 0 Å². The lowest BCUT2D eigenvalue weighted by molar-refractivity contribution is -0.693. The second kappa shape index (κ2) is 5.79. The van der Waals surface area contributed by atoms with Gasteiger partial charge in [-0.1, -0.05) is 0 Å². The Morgan fingerprint density at radius 2 is 2.09 bits per heavy atom. The second-order valence-electron chi connectivity index (χ2n) is 5.36. The summed E-state index contributed by atoms with van der Waals surface area (Å²) >= 11 is 0. The maximum absolute atomic E-state index is 12.0. The minimum Gasteiger partial charge on any atom is -0.497 e. The Balaban J connectivity index is 2.08. The van der Waals surface area contributed by atoms with E-state index in [1.807, 2.05) is 32.0 Å². The van der Waals surface area contributed by atoms with Gasteiger partial charge in [-0.15, -0.1) is 0 Å². The van der Waals surface area contributed by atoms with Crippen molar-refractivity contribution in [2.75, 3.05) is 13.7 Å². The molecule has 0 atom stereocenters. The Morgan fingerprint density at radius 3 is 2.82 bits per heavy atom. The number of fused-ring (bicyclic) bond motifs is 3. The molecule has 1 aromatic carbocycles. The number of hydrogen-bond donors (Lipinski definition) is 0. The highest BCUT2D eigenvalue weighted by atomic mass is 16.5. The third-order valence-electron chi connectivity index (χ3n) is 4.18. The fourth-order valence-corrected chi connectivity index (χ4v) is 3.03. The monoisotopic (exact) mass is 298 g/mol. The molecule has 4 heteroatoms. The summed E-state index contributed by atoms with van der Waals surface area (Å²) in [6, 6.07) is 10.0. The number of methoxy groups -OCH3 is 1. The molecule has 0 saturated heterocycles. The Bertz CT molecular complexity index is 737. The molecule has 0 unspecified atom stereocenters. The summed E-state index contributed by atoms with van der Waals surface area (Å²) < 4.78 is 12.6. The molecule has 1 aromatic heterocycles. The van der Waals surface area contributed by atoms with Crippen molar-refractivity contribution in [3.05, 3.63) is 47.2 Å². The highest BCUT2D eigenvalue weighted by Crippen LogP contribution is 2.29. The van der Waals surface area contributed by atoms with Crippen molar-refractivity contribution in [1.82, 2.24) is 0 Å². The quantitative estimate of drug-likeness (QED) is 0.646. The van der Waals surface area contributed by atoms with Crippen LogP contribution in [0.2, 0.25) is 0 Å². The lowest BCUT2D eigenvalue weighted by atomic mass is 9.95. The van der Waals surface area contributed by atoms with Gasteiger partial charge in [0.1, 0.15) is 11.3 Å². The van der Waals surface area contributed by atoms with Gasteiger partial charge in [-0.25, -0.2) is 4.79 Å². The largest absolute Gasteiger partial charge is 0.497 e. The van der Waals surface area contributed by atoms with Gasteiger partial charge in [0.2, 0.25) is 5.69 Å². The average molecular weight is 298 g/mol. The molecule has 3 rings (SSSR count). The summed E-state index contributed by atoms with van der Waals surface area (Å²) in [7, 11) is 1.68. The molecule has 0 spiro atoms. The smallest absolute Gasteiger partial charge is 0.344 e. The number of nitrogens with zero attached hydrogens (tertiary/aromatic N) is 1. The Morgan fingerprint density at radius 1 is 1.27 bits per heavy atom. The number of carbonyl (C=O) groups is 1. The molecule has 0 amide bonds. The molecule has 0 saturated carbocycles. The number of carbonyl (C=O) groups excluding carboxylic acids is 1. The van der Waals surface area contributed by atoms with Crippen molar-refractivity contribution in [2.45, 2.75) is 26.8 Å². The van der Waals surface area contributed by atoms with Crippen LogP contribution >= 0.6 is 0 Å². The van der Waals surface area contributed by atoms with E-state index in [1.165, 1.54) is 11.1 Å². The summed E-state index contributed by atoms with van der Waals surface area (Å²) in [6.45, 7) is 5.05. The minimum atomic E-state index is -0.254. The molecule has 0 aliphatic carbocycles. The van der Waals surface area contributed by atoms with Gasteiger partial charge in [-0.3, -0.25) is 0 Å². The summed E-state index contributed by atoms with van der Waals surface area (Å²) in [5.74, 6) is 0.628. The minimum absolute atomic E-state index is 0.254. The van der Waals surface area contributed by atoms with Gasteiger partial charge in [0.25, 0.3) is 0 Å². The SMILES string of the molecule is CCOC(=O)c1ccc2[n+](c1C)CCc1cc(OC)ccc1-2. The number of pyridine rings is 1. The first-order valence-electron chi connectivity index (χ1n) is 7.53.